The second kappa shape index (κ2) is 6.83. The van der Waals surface area contributed by atoms with E-state index in [2.05, 4.69) is 0 Å². The van der Waals surface area contributed by atoms with Crippen LogP contribution in [-0.2, 0) is 4.79 Å². The highest BCUT2D eigenvalue weighted by atomic mass is 16.4. The molecule has 1 aromatic carbocycles. The molecule has 1 aromatic rings. The summed E-state index contributed by atoms with van der Waals surface area (Å²) >= 11 is 0. The highest BCUT2D eigenvalue weighted by Crippen LogP contribution is 2.07. The summed E-state index contributed by atoms with van der Waals surface area (Å²) in [6.07, 6.45) is 1.08. The van der Waals surface area contributed by atoms with Crippen LogP contribution >= 0.6 is 0 Å². The molecule has 17 heavy (non-hydrogen) atoms. The zero-order chi connectivity index (χ0) is 12.7. The van der Waals surface area contributed by atoms with Gasteiger partial charge < -0.3 is 15.3 Å². The summed E-state index contributed by atoms with van der Waals surface area (Å²) in [5.74, 6) is -1.07. The fourth-order valence-electron chi connectivity index (χ4n) is 1.43. The lowest BCUT2D eigenvalue weighted by molar-refractivity contribution is -0.139. The van der Waals surface area contributed by atoms with Crippen LogP contribution in [0.15, 0.2) is 36.4 Å². The van der Waals surface area contributed by atoms with Crippen molar-refractivity contribution in [2.24, 2.45) is 0 Å². The normalized spacial score (nSPS) is 14.7. The molecule has 0 aromatic heterocycles. The van der Waals surface area contributed by atoms with Crippen molar-refractivity contribution < 1.29 is 20.1 Å². The maximum Gasteiger partial charge on any atom is 0.305 e. The molecular formula is C13H16O4. The Kier molecular flexibility index (Phi) is 5.39. The number of aliphatic hydroxyl groups excluding tert-OH is 2. The third kappa shape index (κ3) is 5.85. The van der Waals surface area contributed by atoms with Gasteiger partial charge in [-0.25, -0.2) is 0 Å². The molecule has 0 saturated carbocycles. The lowest BCUT2D eigenvalue weighted by Crippen LogP contribution is -2.19. The van der Waals surface area contributed by atoms with Gasteiger partial charge in [-0.3, -0.25) is 4.79 Å². The highest BCUT2D eigenvalue weighted by Gasteiger charge is 2.12. The molecule has 4 heteroatoms. The van der Waals surface area contributed by atoms with Gasteiger partial charge >= 0.3 is 5.97 Å². The maximum absolute atomic E-state index is 10.3. The van der Waals surface area contributed by atoms with E-state index < -0.39 is 18.2 Å². The summed E-state index contributed by atoms with van der Waals surface area (Å²) < 4.78 is 0. The molecule has 2 atom stereocenters. The van der Waals surface area contributed by atoms with Gasteiger partial charge in [-0.1, -0.05) is 42.5 Å². The van der Waals surface area contributed by atoms with Crippen molar-refractivity contribution >= 4 is 12.0 Å². The number of aliphatic hydroxyl groups is 2. The predicted molar refractivity (Wildman–Crippen MR) is 64.4 cm³/mol. The van der Waals surface area contributed by atoms with Crippen molar-refractivity contribution in [2.75, 3.05) is 0 Å². The van der Waals surface area contributed by atoms with Crippen LogP contribution < -0.4 is 0 Å². The van der Waals surface area contributed by atoms with Gasteiger partial charge in [0.25, 0.3) is 0 Å². The standard InChI is InChI=1S/C13H16O4/c14-11(8-12(15)9-13(16)17)7-6-10-4-2-1-3-5-10/h1-7,11-12,14-15H,8-9H2,(H,16,17)/t11-,12-/m0/s1. The first-order chi connectivity index (χ1) is 8.08. The number of hydrogen-bond donors (Lipinski definition) is 3. The first-order valence-electron chi connectivity index (χ1n) is 5.39. The van der Waals surface area contributed by atoms with Crippen LogP contribution in [0.25, 0.3) is 6.08 Å². The van der Waals surface area contributed by atoms with Crippen molar-refractivity contribution in [2.45, 2.75) is 25.0 Å². The number of benzene rings is 1. The zero-order valence-corrected chi connectivity index (χ0v) is 9.36. The maximum atomic E-state index is 10.3. The summed E-state index contributed by atoms with van der Waals surface area (Å²) in [4.78, 5) is 10.3. The molecule has 0 spiro atoms. The van der Waals surface area contributed by atoms with Gasteiger partial charge in [0.2, 0.25) is 0 Å². The van der Waals surface area contributed by atoms with Crippen LogP contribution in [0.1, 0.15) is 18.4 Å². The Morgan fingerprint density at radius 3 is 2.47 bits per heavy atom. The van der Waals surface area contributed by atoms with Gasteiger partial charge in [0, 0.05) is 6.42 Å². The predicted octanol–water partition coefficient (Wildman–Crippen LogP) is 1.29. The van der Waals surface area contributed by atoms with Gasteiger partial charge in [-0.05, 0) is 5.56 Å². The highest BCUT2D eigenvalue weighted by molar-refractivity contribution is 5.67. The van der Waals surface area contributed by atoms with Crippen molar-refractivity contribution in [3.63, 3.8) is 0 Å². The molecule has 3 N–H and O–H groups in total. The number of carbonyl (C=O) groups is 1. The Hall–Kier alpha value is -1.65. The van der Waals surface area contributed by atoms with Crippen LogP contribution in [0.5, 0.6) is 0 Å². The monoisotopic (exact) mass is 236 g/mol. The zero-order valence-electron chi connectivity index (χ0n) is 9.36. The Bertz CT molecular complexity index is 372. The van der Waals surface area contributed by atoms with Gasteiger partial charge in [0.15, 0.2) is 0 Å². The van der Waals surface area contributed by atoms with Crippen molar-refractivity contribution in [3.8, 4) is 0 Å². The largest absolute Gasteiger partial charge is 0.481 e. The lowest BCUT2D eigenvalue weighted by Gasteiger charge is -2.10. The minimum Gasteiger partial charge on any atom is -0.481 e. The van der Waals surface area contributed by atoms with Gasteiger partial charge in [-0.15, -0.1) is 0 Å². The molecule has 0 heterocycles. The molecule has 0 fully saturated rings. The Morgan fingerprint density at radius 1 is 1.24 bits per heavy atom. The van der Waals surface area contributed by atoms with Gasteiger partial charge in [-0.2, -0.15) is 0 Å². The second-order valence-corrected chi connectivity index (χ2v) is 3.82. The molecule has 0 bridgehead atoms. The fourth-order valence-corrected chi connectivity index (χ4v) is 1.43. The van der Waals surface area contributed by atoms with E-state index in [-0.39, 0.29) is 12.8 Å². The average molecular weight is 236 g/mol. The van der Waals surface area contributed by atoms with E-state index in [4.69, 9.17) is 5.11 Å². The first-order valence-corrected chi connectivity index (χ1v) is 5.39. The van der Waals surface area contributed by atoms with E-state index in [0.717, 1.165) is 5.56 Å². The van der Waals surface area contributed by atoms with E-state index in [1.165, 1.54) is 0 Å². The summed E-state index contributed by atoms with van der Waals surface area (Å²) in [5, 5.41) is 27.3. The third-order valence-electron chi connectivity index (χ3n) is 2.23. The van der Waals surface area contributed by atoms with Crippen LogP contribution in [0.4, 0.5) is 0 Å². The third-order valence-corrected chi connectivity index (χ3v) is 2.23. The van der Waals surface area contributed by atoms with Crippen LogP contribution in [0.3, 0.4) is 0 Å². The van der Waals surface area contributed by atoms with Crippen LogP contribution in [0.2, 0.25) is 0 Å². The fraction of sp³-hybridized carbons (Fsp3) is 0.308. The number of carboxylic acid groups (broad SMARTS) is 1. The summed E-state index contributed by atoms with van der Waals surface area (Å²) in [5.41, 5.74) is 0.944. The first kappa shape index (κ1) is 13.4. The van der Waals surface area contributed by atoms with Gasteiger partial charge in [0.1, 0.15) is 0 Å². The molecule has 1 rings (SSSR count). The van der Waals surface area contributed by atoms with Crippen LogP contribution in [0, 0.1) is 0 Å². The molecule has 0 aliphatic heterocycles. The molecule has 0 aliphatic carbocycles. The smallest absolute Gasteiger partial charge is 0.305 e. The topological polar surface area (TPSA) is 77.8 Å². The Morgan fingerprint density at radius 2 is 1.88 bits per heavy atom. The van der Waals surface area contributed by atoms with Crippen molar-refractivity contribution in [3.05, 3.63) is 42.0 Å². The number of rotatable bonds is 6. The number of hydrogen-bond acceptors (Lipinski definition) is 3. The summed E-state index contributed by atoms with van der Waals surface area (Å²) in [7, 11) is 0. The molecule has 0 saturated heterocycles. The molecule has 0 unspecified atom stereocenters. The second-order valence-electron chi connectivity index (χ2n) is 3.82. The van der Waals surface area contributed by atoms with Crippen molar-refractivity contribution in [1.29, 1.82) is 0 Å². The van der Waals surface area contributed by atoms with E-state index in [0.29, 0.717) is 0 Å². The van der Waals surface area contributed by atoms with E-state index in [1.807, 2.05) is 30.3 Å². The van der Waals surface area contributed by atoms with Crippen molar-refractivity contribution in [1.82, 2.24) is 0 Å². The van der Waals surface area contributed by atoms with E-state index in [9.17, 15) is 15.0 Å². The molecular weight excluding hydrogens is 220 g/mol. The van der Waals surface area contributed by atoms with Crippen LogP contribution in [-0.4, -0.2) is 33.5 Å². The molecule has 4 nitrogen and oxygen atoms in total. The Labute approximate surface area is 99.8 Å². The van der Waals surface area contributed by atoms with E-state index >= 15 is 0 Å². The lowest BCUT2D eigenvalue weighted by atomic mass is 10.1. The van der Waals surface area contributed by atoms with Gasteiger partial charge in [0.05, 0.1) is 18.6 Å². The molecule has 92 valence electrons. The minimum absolute atomic E-state index is 0.0234. The molecule has 0 radical (unpaired) electrons. The number of aliphatic carboxylic acids is 1. The molecule has 0 aliphatic rings. The number of carboxylic acids is 1. The Balaban J connectivity index is 2.41. The SMILES string of the molecule is O=C(O)C[C@@H](O)C[C@@H](O)C=Cc1ccccc1. The average Bonchev–Trinajstić information content (AvgIpc) is 2.26. The summed E-state index contributed by atoms with van der Waals surface area (Å²) in [6, 6.07) is 9.43. The van der Waals surface area contributed by atoms with E-state index in [1.54, 1.807) is 12.2 Å². The molecule has 0 amide bonds. The minimum atomic E-state index is -1.07. The quantitative estimate of drug-likeness (QED) is 0.695. The summed E-state index contributed by atoms with van der Waals surface area (Å²) in [6.45, 7) is 0.